The number of benzene rings is 2. The summed E-state index contributed by atoms with van der Waals surface area (Å²) in [7, 11) is 0. The summed E-state index contributed by atoms with van der Waals surface area (Å²) in [6.07, 6.45) is -0.338. The number of aliphatic carboxylic acids is 1. The quantitative estimate of drug-likeness (QED) is 0.530. The number of carbonyl (C=O) groups is 3. The molecule has 2 aromatic rings. The molecular formula is C26H32N2O5. The second kappa shape index (κ2) is 10.5. The zero-order valence-corrected chi connectivity index (χ0v) is 19.5. The van der Waals surface area contributed by atoms with Crippen LogP contribution in [0.15, 0.2) is 48.5 Å². The summed E-state index contributed by atoms with van der Waals surface area (Å²) in [4.78, 5) is 36.9. The predicted octanol–water partition coefficient (Wildman–Crippen LogP) is 4.17. The van der Waals surface area contributed by atoms with Crippen molar-refractivity contribution in [2.45, 2.75) is 52.1 Å². The number of fused-ring (bicyclic) bond motifs is 3. The van der Waals surface area contributed by atoms with Crippen molar-refractivity contribution >= 4 is 18.0 Å². The van der Waals surface area contributed by atoms with E-state index < -0.39 is 30.1 Å². The lowest BCUT2D eigenvalue weighted by molar-refractivity contribution is -0.143. The van der Waals surface area contributed by atoms with E-state index in [2.05, 4.69) is 22.8 Å². The van der Waals surface area contributed by atoms with Gasteiger partial charge in [-0.2, -0.15) is 0 Å². The lowest BCUT2D eigenvalue weighted by atomic mass is 9.98. The topological polar surface area (TPSA) is 105 Å². The van der Waals surface area contributed by atoms with Crippen molar-refractivity contribution in [3.63, 3.8) is 0 Å². The van der Waals surface area contributed by atoms with Gasteiger partial charge in [-0.15, -0.1) is 0 Å². The van der Waals surface area contributed by atoms with Crippen molar-refractivity contribution < 1.29 is 24.2 Å². The average molecular weight is 453 g/mol. The van der Waals surface area contributed by atoms with Crippen molar-refractivity contribution in [3.8, 4) is 11.1 Å². The number of amides is 2. The Hall–Kier alpha value is -3.35. The molecule has 0 bridgehead atoms. The largest absolute Gasteiger partial charge is 0.480 e. The van der Waals surface area contributed by atoms with Crippen LogP contribution in [0.25, 0.3) is 11.1 Å². The molecule has 0 radical (unpaired) electrons. The van der Waals surface area contributed by atoms with E-state index in [0.717, 1.165) is 22.3 Å². The first-order valence-electron chi connectivity index (χ1n) is 11.3. The van der Waals surface area contributed by atoms with E-state index in [9.17, 15) is 19.5 Å². The fourth-order valence-electron chi connectivity index (χ4n) is 4.25. The predicted molar refractivity (Wildman–Crippen MR) is 126 cm³/mol. The van der Waals surface area contributed by atoms with Crippen LogP contribution in [-0.4, -0.2) is 41.8 Å². The first-order valence-corrected chi connectivity index (χ1v) is 11.3. The Bertz CT molecular complexity index is 972. The van der Waals surface area contributed by atoms with Crippen molar-refractivity contribution in [3.05, 3.63) is 59.7 Å². The summed E-state index contributed by atoms with van der Waals surface area (Å²) in [6.45, 7) is 7.43. The third kappa shape index (κ3) is 5.72. The normalized spacial score (nSPS) is 14.4. The maximum absolute atomic E-state index is 12.8. The Morgan fingerprint density at radius 2 is 1.45 bits per heavy atom. The molecule has 2 atom stereocenters. The van der Waals surface area contributed by atoms with Gasteiger partial charge in [0.2, 0.25) is 5.91 Å². The van der Waals surface area contributed by atoms with E-state index in [4.69, 9.17) is 4.74 Å². The van der Waals surface area contributed by atoms with Crippen LogP contribution in [0.5, 0.6) is 0 Å². The Labute approximate surface area is 194 Å². The SMILES string of the molecule is CC(C)CC(NC(=O)OCC1c2ccccc2-c2ccccc21)C(=O)N[C@H](C(=O)O)C(C)C. The second-order valence-electron chi connectivity index (χ2n) is 9.22. The summed E-state index contributed by atoms with van der Waals surface area (Å²) < 4.78 is 5.56. The van der Waals surface area contributed by atoms with E-state index in [-0.39, 0.29) is 24.4 Å². The number of alkyl carbamates (subject to hydrolysis) is 1. The molecule has 0 heterocycles. The van der Waals surface area contributed by atoms with Gasteiger partial charge in [0.1, 0.15) is 18.7 Å². The molecule has 0 saturated heterocycles. The van der Waals surface area contributed by atoms with E-state index >= 15 is 0 Å². The standard InChI is InChI=1S/C26H32N2O5/c1-15(2)13-22(24(29)28-23(16(3)4)25(30)31)27-26(32)33-14-21-19-11-7-5-9-17(19)18-10-6-8-12-20(18)21/h5-12,15-16,21-23H,13-14H2,1-4H3,(H,27,32)(H,28,29)(H,30,31)/t22?,23-/m0/s1. The molecule has 0 aromatic heterocycles. The van der Waals surface area contributed by atoms with Gasteiger partial charge in [0.15, 0.2) is 0 Å². The second-order valence-corrected chi connectivity index (χ2v) is 9.22. The fraction of sp³-hybridized carbons (Fsp3) is 0.423. The molecule has 2 aromatic carbocycles. The summed E-state index contributed by atoms with van der Waals surface area (Å²) in [5.41, 5.74) is 4.47. The smallest absolute Gasteiger partial charge is 0.407 e. The Morgan fingerprint density at radius 3 is 1.94 bits per heavy atom. The zero-order chi connectivity index (χ0) is 24.1. The molecular weight excluding hydrogens is 420 g/mol. The van der Waals surface area contributed by atoms with Gasteiger partial charge in [-0.05, 0) is 40.5 Å². The van der Waals surface area contributed by atoms with Gasteiger partial charge in [-0.1, -0.05) is 76.2 Å². The van der Waals surface area contributed by atoms with Crippen LogP contribution in [0.4, 0.5) is 4.79 Å². The Balaban J connectivity index is 1.67. The van der Waals surface area contributed by atoms with E-state index in [1.165, 1.54) is 0 Å². The lowest BCUT2D eigenvalue weighted by Crippen LogP contribution is -2.53. The molecule has 0 fully saturated rings. The zero-order valence-electron chi connectivity index (χ0n) is 19.5. The van der Waals surface area contributed by atoms with Gasteiger partial charge in [0.25, 0.3) is 0 Å². The molecule has 0 spiro atoms. The minimum atomic E-state index is -1.11. The molecule has 2 amide bonds. The molecule has 1 aliphatic rings. The number of carboxylic acid groups (broad SMARTS) is 1. The fourth-order valence-corrected chi connectivity index (χ4v) is 4.25. The van der Waals surface area contributed by atoms with Gasteiger partial charge in [-0.25, -0.2) is 9.59 Å². The molecule has 7 nitrogen and oxygen atoms in total. The molecule has 0 saturated carbocycles. The molecule has 33 heavy (non-hydrogen) atoms. The van der Waals surface area contributed by atoms with E-state index in [0.29, 0.717) is 6.42 Å². The van der Waals surface area contributed by atoms with Crippen molar-refractivity contribution in [2.24, 2.45) is 11.8 Å². The number of hydrogen-bond acceptors (Lipinski definition) is 4. The highest BCUT2D eigenvalue weighted by atomic mass is 16.5. The first kappa shape index (κ1) is 24.3. The summed E-state index contributed by atoms with van der Waals surface area (Å²) in [5.74, 6) is -1.91. The number of carboxylic acids is 1. The van der Waals surface area contributed by atoms with Crippen LogP contribution < -0.4 is 10.6 Å². The van der Waals surface area contributed by atoms with Gasteiger partial charge in [0.05, 0.1) is 0 Å². The van der Waals surface area contributed by atoms with Crippen molar-refractivity contribution in [1.82, 2.24) is 10.6 Å². The van der Waals surface area contributed by atoms with Crippen LogP contribution in [0.1, 0.15) is 51.2 Å². The van der Waals surface area contributed by atoms with Crippen LogP contribution in [0, 0.1) is 11.8 Å². The average Bonchev–Trinajstić information content (AvgIpc) is 3.08. The minimum absolute atomic E-state index is 0.0853. The minimum Gasteiger partial charge on any atom is -0.480 e. The number of hydrogen-bond donors (Lipinski definition) is 3. The molecule has 3 N–H and O–H groups in total. The van der Waals surface area contributed by atoms with E-state index in [1.807, 2.05) is 50.2 Å². The highest BCUT2D eigenvalue weighted by Crippen LogP contribution is 2.44. The summed E-state index contributed by atoms with van der Waals surface area (Å²) in [5, 5.41) is 14.6. The summed E-state index contributed by atoms with van der Waals surface area (Å²) >= 11 is 0. The molecule has 176 valence electrons. The maximum atomic E-state index is 12.8. The molecule has 1 unspecified atom stereocenters. The monoisotopic (exact) mass is 452 g/mol. The molecule has 0 aliphatic heterocycles. The van der Waals surface area contributed by atoms with Crippen LogP contribution in [-0.2, 0) is 14.3 Å². The summed E-state index contributed by atoms with van der Waals surface area (Å²) in [6, 6.07) is 14.2. The highest BCUT2D eigenvalue weighted by Gasteiger charge is 2.31. The van der Waals surface area contributed by atoms with Crippen molar-refractivity contribution in [1.29, 1.82) is 0 Å². The van der Waals surface area contributed by atoms with Crippen LogP contribution in [0.2, 0.25) is 0 Å². The number of carbonyl (C=O) groups excluding carboxylic acids is 2. The van der Waals surface area contributed by atoms with Gasteiger partial charge in [-0.3, -0.25) is 4.79 Å². The van der Waals surface area contributed by atoms with Gasteiger partial charge >= 0.3 is 12.1 Å². The van der Waals surface area contributed by atoms with Crippen LogP contribution >= 0.6 is 0 Å². The third-order valence-electron chi connectivity index (χ3n) is 5.89. The first-order chi connectivity index (χ1) is 15.7. The number of rotatable bonds is 9. The molecule has 3 rings (SSSR count). The van der Waals surface area contributed by atoms with Crippen LogP contribution in [0.3, 0.4) is 0 Å². The Kier molecular flexibility index (Phi) is 7.74. The Morgan fingerprint density at radius 1 is 0.909 bits per heavy atom. The third-order valence-corrected chi connectivity index (χ3v) is 5.89. The van der Waals surface area contributed by atoms with Gasteiger partial charge in [0, 0.05) is 5.92 Å². The number of ether oxygens (including phenoxy) is 1. The van der Waals surface area contributed by atoms with Gasteiger partial charge < -0.3 is 20.5 Å². The highest BCUT2D eigenvalue weighted by molar-refractivity contribution is 5.89. The molecule has 1 aliphatic carbocycles. The van der Waals surface area contributed by atoms with E-state index in [1.54, 1.807) is 13.8 Å². The number of nitrogens with one attached hydrogen (secondary N) is 2. The van der Waals surface area contributed by atoms with Crippen molar-refractivity contribution in [2.75, 3.05) is 6.61 Å². The maximum Gasteiger partial charge on any atom is 0.407 e. The molecule has 7 heteroatoms. The lowest BCUT2D eigenvalue weighted by Gasteiger charge is -2.24.